The minimum Gasteiger partial charge on any atom is -0.481 e. The largest absolute Gasteiger partial charge is 0.481 e. The number of thioether (sulfide) groups is 1. The number of hydrogen-bond donors (Lipinski definition) is 5. The average molecular weight is 919 g/mol. The van der Waals surface area contributed by atoms with Crippen molar-refractivity contribution < 1.29 is 66.0 Å². The quantitative estimate of drug-likeness (QED) is 0.112. The number of Topliss-reactive ketones (excluding diaryl/α,β-unsaturated/α-hetero) is 4. The highest BCUT2D eigenvalue weighted by Crippen LogP contribution is 2.52. The van der Waals surface area contributed by atoms with Gasteiger partial charge in [0.25, 0.3) is 0 Å². The SMILES string of the molecule is CC(=O)C1(C(C)=O)CC1.CC(=O)CC(C)=O.CC(=O)SCC1(CC#N)CC1.N#CCC1(CO)CC1.O=C(O)CC1(CS)CC1.O=S1(=O)OCC2(CC2)CO1.OCC1(CO)CC1. The third-order valence-corrected chi connectivity index (χ3v) is 14.4. The summed E-state index contributed by atoms with van der Waals surface area (Å²) in [7, 11) is -3.61. The van der Waals surface area contributed by atoms with Crippen LogP contribution in [0.5, 0.6) is 0 Å². The third kappa shape index (κ3) is 22.4. The lowest BCUT2D eigenvalue weighted by molar-refractivity contribution is -0.138. The van der Waals surface area contributed by atoms with Gasteiger partial charge in [-0.2, -0.15) is 31.6 Å². The van der Waals surface area contributed by atoms with Crippen molar-refractivity contribution in [2.45, 2.75) is 137 Å². The Labute approximate surface area is 370 Å². The molecule has 0 aromatic rings. The number of ketones is 4. The number of rotatable bonds is 14. The lowest BCUT2D eigenvalue weighted by Crippen LogP contribution is -2.29. The van der Waals surface area contributed by atoms with Crippen LogP contribution in [0.1, 0.15) is 137 Å². The van der Waals surface area contributed by atoms with Crippen LogP contribution in [-0.4, -0.2) is 108 Å². The summed E-state index contributed by atoms with van der Waals surface area (Å²) in [6, 6.07) is 4.23. The van der Waals surface area contributed by atoms with Crippen LogP contribution in [0, 0.1) is 55.2 Å². The first-order chi connectivity index (χ1) is 28.4. The molecule has 4 N–H and O–H groups in total. The molecule has 1 heterocycles. The van der Waals surface area contributed by atoms with Crippen LogP contribution in [0.25, 0.3) is 0 Å². The van der Waals surface area contributed by atoms with Crippen molar-refractivity contribution in [1.82, 2.24) is 0 Å². The van der Waals surface area contributed by atoms with Crippen LogP contribution in [0.4, 0.5) is 0 Å². The summed E-state index contributed by atoms with van der Waals surface area (Å²) < 4.78 is 30.0. The Balaban J connectivity index is 0.000000358. The van der Waals surface area contributed by atoms with Gasteiger partial charge in [0.05, 0.1) is 56.8 Å². The second-order valence-electron chi connectivity index (χ2n) is 17.9. The molecule has 0 radical (unpaired) electrons. The van der Waals surface area contributed by atoms with Gasteiger partial charge in [0.1, 0.15) is 23.1 Å². The first-order valence-electron chi connectivity index (χ1n) is 20.4. The smallest absolute Gasteiger partial charge is 0.399 e. The maximum Gasteiger partial charge on any atom is 0.399 e. The van der Waals surface area contributed by atoms with Crippen molar-refractivity contribution in [3.05, 3.63) is 0 Å². The number of thiol groups is 1. The molecule has 7 rings (SSSR count). The second kappa shape index (κ2) is 24.9. The molecule has 0 aromatic carbocycles. The topological polar surface area (TPSA) is 284 Å². The van der Waals surface area contributed by atoms with Crippen LogP contribution in [0.15, 0.2) is 0 Å². The van der Waals surface area contributed by atoms with Gasteiger partial charge in [-0.25, -0.2) is 8.37 Å². The van der Waals surface area contributed by atoms with E-state index >= 15 is 0 Å². The molecular formula is C42H66N2O14S3. The molecule has 0 bridgehead atoms. The van der Waals surface area contributed by atoms with Crippen LogP contribution in [0.3, 0.4) is 0 Å². The summed E-state index contributed by atoms with van der Waals surface area (Å²) in [6.07, 6.45) is 13.6. The minimum atomic E-state index is -3.61. The summed E-state index contributed by atoms with van der Waals surface area (Å²) in [6.45, 7) is 8.51. The highest BCUT2D eigenvalue weighted by molar-refractivity contribution is 8.13. The van der Waals surface area contributed by atoms with Gasteiger partial charge in [-0.1, -0.05) is 11.8 Å². The van der Waals surface area contributed by atoms with Crippen molar-refractivity contribution in [2.24, 2.45) is 32.5 Å². The van der Waals surface area contributed by atoms with E-state index in [1.165, 1.54) is 39.5 Å². The Kier molecular flexibility index (Phi) is 23.0. The summed E-state index contributed by atoms with van der Waals surface area (Å²) >= 11 is 5.43. The fraction of sp³-hybridized carbons (Fsp3) is 0.810. The number of hydrogen-bond acceptors (Lipinski definition) is 17. The second-order valence-corrected chi connectivity index (χ2v) is 20.6. The molecule has 16 nitrogen and oxygen atoms in total. The van der Waals surface area contributed by atoms with Gasteiger partial charge in [0.15, 0.2) is 5.12 Å². The molecule has 346 valence electrons. The molecule has 1 spiro atoms. The number of aliphatic hydroxyl groups is 3. The molecule has 1 saturated heterocycles. The van der Waals surface area contributed by atoms with E-state index in [1.807, 2.05) is 0 Å². The van der Waals surface area contributed by atoms with Gasteiger partial charge in [0, 0.05) is 48.4 Å². The molecule has 6 saturated carbocycles. The zero-order chi connectivity index (χ0) is 46.8. The molecular weight excluding hydrogens is 853 g/mol. The van der Waals surface area contributed by atoms with Crippen molar-refractivity contribution >= 4 is 69.0 Å². The van der Waals surface area contributed by atoms with E-state index in [4.69, 9.17) is 30.9 Å². The molecule has 7 aliphatic rings. The zero-order valence-electron chi connectivity index (χ0n) is 36.3. The van der Waals surface area contributed by atoms with Gasteiger partial charge in [0.2, 0.25) is 0 Å². The maximum atomic E-state index is 10.7. The van der Waals surface area contributed by atoms with E-state index in [1.54, 1.807) is 6.92 Å². The Hall–Kier alpha value is -2.75. The Morgan fingerprint density at radius 2 is 1.03 bits per heavy atom. The fourth-order valence-corrected chi connectivity index (χ4v) is 7.69. The van der Waals surface area contributed by atoms with Gasteiger partial charge < -0.3 is 20.4 Å². The maximum absolute atomic E-state index is 10.7. The molecule has 1 aliphatic heterocycles. The Morgan fingerprint density at radius 1 is 0.639 bits per heavy atom. The first-order valence-corrected chi connectivity index (χ1v) is 23.4. The van der Waals surface area contributed by atoms with Crippen molar-refractivity contribution in [3.8, 4) is 12.1 Å². The van der Waals surface area contributed by atoms with Gasteiger partial charge in [-0.15, -0.1) is 0 Å². The number of carbonyl (C=O) groups excluding carboxylic acids is 5. The lowest BCUT2D eigenvalue weighted by atomic mass is 9.98. The number of carboxylic acids is 1. The molecule has 0 unspecified atom stereocenters. The van der Waals surface area contributed by atoms with Gasteiger partial charge in [-0.3, -0.25) is 28.8 Å². The van der Waals surface area contributed by atoms with E-state index < -0.39 is 21.8 Å². The lowest BCUT2D eigenvalue weighted by Gasteiger charge is -2.19. The minimum absolute atomic E-state index is 0.0365. The summed E-state index contributed by atoms with van der Waals surface area (Å²) in [5.41, 5.74) is -0.194. The van der Waals surface area contributed by atoms with Crippen molar-refractivity contribution in [2.75, 3.05) is 44.5 Å². The number of aliphatic hydroxyl groups excluding tert-OH is 3. The number of aliphatic carboxylic acids is 1. The number of carboxylic acid groups (broad SMARTS) is 1. The molecule has 19 heteroatoms. The molecule has 0 aromatic heterocycles. The summed E-state index contributed by atoms with van der Waals surface area (Å²) in [5, 5.41) is 50.9. The summed E-state index contributed by atoms with van der Waals surface area (Å²) in [4.78, 5) is 62.3. The predicted octanol–water partition coefficient (Wildman–Crippen LogP) is 5.11. The third-order valence-electron chi connectivity index (χ3n) is 11.8. The molecule has 6 aliphatic carbocycles. The highest BCUT2D eigenvalue weighted by Gasteiger charge is 2.51. The first kappa shape index (κ1) is 56.3. The molecule has 7 fully saturated rings. The monoisotopic (exact) mass is 918 g/mol. The van der Waals surface area contributed by atoms with E-state index in [2.05, 4.69) is 33.1 Å². The number of nitrogens with zero attached hydrogens (tertiary/aromatic N) is 2. The zero-order valence-corrected chi connectivity index (χ0v) is 38.8. The average Bonchev–Trinajstić information content (AvgIpc) is 3.96. The van der Waals surface area contributed by atoms with Crippen molar-refractivity contribution in [1.29, 1.82) is 10.5 Å². The number of nitriles is 2. The predicted molar refractivity (Wildman–Crippen MR) is 229 cm³/mol. The van der Waals surface area contributed by atoms with E-state index in [9.17, 15) is 37.2 Å². The standard InChI is InChI=1S/C8H11NOS.C7H10O2.C6H9NO.C6H10O2S.C5H8O4S.C5H10O2.C5H8O2/c1-7(10)11-6-8(2-3-8)4-5-9;1-5(8)7(3-4-7)6(2)9;7-4-3-6(5-8)1-2-6;7-5(8)3-6(4-9)1-2-6;6-10(7)8-3-5(1-2-5)4-9-10;6-3-5(4-7)1-2-5;1-4(6)3-5(2)7/h2-4,6H2,1H3;3-4H2,1-2H3;8H,1-3,5H2;9H,1-4H2,(H,7,8);1-4H2;6-7H,1-4H2;3H2,1-2H3. The van der Waals surface area contributed by atoms with Gasteiger partial charge in [-0.05, 0) is 121 Å². The summed E-state index contributed by atoms with van der Waals surface area (Å²) in [5.74, 6) is 0.821. The van der Waals surface area contributed by atoms with Crippen LogP contribution in [-0.2, 0) is 47.5 Å². The molecule has 0 amide bonds. The van der Waals surface area contributed by atoms with Crippen molar-refractivity contribution in [3.63, 3.8) is 0 Å². The van der Waals surface area contributed by atoms with E-state index in [0.29, 0.717) is 32.5 Å². The van der Waals surface area contributed by atoms with E-state index in [-0.39, 0.29) is 81.6 Å². The Morgan fingerprint density at radius 3 is 1.20 bits per heavy atom. The number of carbonyl (C=O) groups is 6. The Bertz CT molecular complexity index is 1660. The van der Waals surface area contributed by atoms with Gasteiger partial charge >= 0.3 is 16.4 Å². The highest BCUT2D eigenvalue weighted by atomic mass is 32.3. The van der Waals surface area contributed by atoms with Crippen LogP contribution in [0.2, 0.25) is 0 Å². The van der Waals surface area contributed by atoms with Crippen LogP contribution < -0.4 is 0 Å². The molecule has 61 heavy (non-hydrogen) atoms. The normalized spacial score (nSPS) is 22.0. The fourth-order valence-electron chi connectivity index (χ4n) is 5.50. The van der Waals surface area contributed by atoms with E-state index in [0.717, 1.165) is 88.6 Å². The van der Waals surface area contributed by atoms with Crippen LogP contribution >= 0.6 is 24.4 Å². The molecule has 0 atom stereocenters.